The third-order valence-electron chi connectivity index (χ3n) is 2.60. The van der Waals surface area contributed by atoms with Crippen LogP contribution in [0, 0.1) is 0 Å². The number of phenols is 1. The second-order valence-corrected chi connectivity index (χ2v) is 5.24. The van der Waals surface area contributed by atoms with Crippen molar-refractivity contribution < 1.29 is 14.6 Å². The molecule has 0 aliphatic carbocycles. The molecule has 1 aromatic carbocycles. The zero-order valence-electron chi connectivity index (χ0n) is 11.6. The zero-order chi connectivity index (χ0) is 15.1. The average Bonchev–Trinajstić information content (AvgIpc) is 2.95. The van der Waals surface area contributed by atoms with E-state index in [0.717, 1.165) is 10.4 Å². The van der Waals surface area contributed by atoms with Crippen molar-refractivity contribution in [3.8, 4) is 11.5 Å². The fraction of sp³-hybridized carbons (Fsp3) is 0.200. The van der Waals surface area contributed by atoms with Gasteiger partial charge >= 0.3 is 0 Å². The van der Waals surface area contributed by atoms with Gasteiger partial charge in [-0.25, -0.2) is 5.43 Å². The highest BCUT2D eigenvalue weighted by Gasteiger charge is 2.03. The van der Waals surface area contributed by atoms with E-state index in [1.807, 2.05) is 24.4 Å². The summed E-state index contributed by atoms with van der Waals surface area (Å²) in [6.45, 7) is 2.30. The van der Waals surface area contributed by atoms with E-state index in [4.69, 9.17) is 4.74 Å². The van der Waals surface area contributed by atoms with Gasteiger partial charge in [-0.15, -0.1) is 11.3 Å². The van der Waals surface area contributed by atoms with Crippen molar-refractivity contribution in [1.29, 1.82) is 0 Å². The Bertz CT molecular complexity index is 624. The van der Waals surface area contributed by atoms with Crippen molar-refractivity contribution in [3.63, 3.8) is 0 Å². The van der Waals surface area contributed by atoms with Crippen LogP contribution in [0.2, 0.25) is 0 Å². The first-order valence-corrected chi connectivity index (χ1v) is 7.37. The molecule has 0 fully saturated rings. The molecular formula is C15H16N2O3S. The molecule has 0 aliphatic rings. The van der Waals surface area contributed by atoms with E-state index in [2.05, 4.69) is 10.5 Å². The fourth-order valence-electron chi connectivity index (χ4n) is 1.67. The van der Waals surface area contributed by atoms with Crippen molar-refractivity contribution in [2.45, 2.75) is 13.3 Å². The molecule has 0 atom stereocenters. The van der Waals surface area contributed by atoms with Crippen LogP contribution >= 0.6 is 11.3 Å². The molecule has 0 radical (unpaired) electrons. The summed E-state index contributed by atoms with van der Waals surface area (Å²) in [5.74, 6) is 0.305. The molecule has 0 bridgehead atoms. The molecule has 2 rings (SSSR count). The molecule has 1 heterocycles. The molecule has 2 N–H and O–H groups in total. The van der Waals surface area contributed by atoms with E-state index in [1.165, 1.54) is 23.6 Å². The molecule has 0 spiro atoms. The van der Waals surface area contributed by atoms with Gasteiger partial charge in [0, 0.05) is 4.88 Å². The van der Waals surface area contributed by atoms with Crippen molar-refractivity contribution in [1.82, 2.24) is 5.43 Å². The van der Waals surface area contributed by atoms with Crippen LogP contribution in [0.15, 0.2) is 40.8 Å². The highest BCUT2D eigenvalue weighted by atomic mass is 32.1. The van der Waals surface area contributed by atoms with Gasteiger partial charge in [-0.1, -0.05) is 6.07 Å². The Labute approximate surface area is 126 Å². The Morgan fingerprint density at radius 2 is 2.33 bits per heavy atom. The lowest BCUT2D eigenvalue weighted by Gasteiger charge is -2.05. The number of nitrogens with one attached hydrogen (secondary N) is 1. The van der Waals surface area contributed by atoms with Gasteiger partial charge in [-0.3, -0.25) is 4.79 Å². The molecule has 110 valence electrons. The summed E-state index contributed by atoms with van der Waals surface area (Å²) < 4.78 is 5.28. The van der Waals surface area contributed by atoms with Gasteiger partial charge in [0.05, 0.1) is 19.2 Å². The smallest absolute Gasteiger partial charge is 0.245 e. The number of nitrogens with zero attached hydrogens (tertiary/aromatic N) is 1. The molecule has 2 aromatic rings. The Kier molecular flexibility index (Phi) is 5.34. The summed E-state index contributed by atoms with van der Waals surface area (Å²) in [4.78, 5) is 12.6. The topological polar surface area (TPSA) is 70.9 Å². The van der Waals surface area contributed by atoms with Crippen LogP contribution in [0.25, 0.3) is 0 Å². The first-order valence-electron chi connectivity index (χ1n) is 6.49. The number of carbonyl (C=O) groups is 1. The fourth-order valence-corrected chi connectivity index (χ4v) is 2.38. The van der Waals surface area contributed by atoms with Gasteiger partial charge in [0.15, 0.2) is 11.5 Å². The highest BCUT2D eigenvalue weighted by Crippen LogP contribution is 2.26. The van der Waals surface area contributed by atoms with Crippen LogP contribution in [-0.2, 0) is 11.2 Å². The molecule has 1 aromatic heterocycles. The van der Waals surface area contributed by atoms with Gasteiger partial charge in [0.2, 0.25) is 5.91 Å². The maximum Gasteiger partial charge on any atom is 0.245 e. The summed E-state index contributed by atoms with van der Waals surface area (Å²) in [6.07, 6.45) is 1.82. The molecule has 0 aliphatic heterocycles. The standard InChI is InChI=1S/C15H16N2O3S/c1-2-20-14-8-11(5-6-13(14)18)10-16-17-15(19)9-12-4-3-7-21-12/h3-8,10,18H,2,9H2,1H3,(H,17,19). The van der Waals surface area contributed by atoms with E-state index in [9.17, 15) is 9.90 Å². The normalized spacial score (nSPS) is 10.7. The second kappa shape index (κ2) is 7.44. The minimum absolute atomic E-state index is 0.0794. The zero-order valence-corrected chi connectivity index (χ0v) is 12.4. The summed E-state index contributed by atoms with van der Waals surface area (Å²) >= 11 is 1.53. The predicted octanol–water partition coefficient (Wildman–Crippen LogP) is 2.55. The molecule has 0 unspecified atom stereocenters. The van der Waals surface area contributed by atoms with Crippen molar-refractivity contribution >= 4 is 23.5 Å². The van der Waals surface area contributed by atoms with Gasteiger partial charge in [0.25, 0.3) is 0 Å². The number of benzene rings is 1. The van der Waals surface area contributed by atoms with Crippen LogP contribution in [-0.4, -0.2) is 23.8 Å². The quantitative estimate of drug-likeness (QED) is 0.636. The number of hydrazone groups is 1. The highest BCUT2D eigenvalue weighted by molar-refractivity contribution is 7.10. The lowest BCUT2D eigenvalue weighted by Crippen LogP contribution is -2.19. The van der Waals surface area contributed by atoms with Gasteiger partial charge in [-0.2, -0.15) is 5.10 Å². The molecule has 0 saturated carbocycles. The average molecular weight is 304 g/mol. The Morgan fingerprint density at radius 1 is 1.48 bits per heavy atom. The lowest BCUT2D eigenvalue weighted by molar-refractivity contribution is -0.120. The minimum atomic E-state index is -0.169. The van der Waals surface area contributed by atoms with Crippen molar-refractivity contribution in [2.75, 3.05) is 6.61 Å². The van der Waals surface area contributed by atoms with Gasteiger partial charge in [-0.05, 0) is 42.1 Å². The van der Waals surface area contributed by atoms with E-state index in [-0.39, 0.29) is 11.7 Å². The van der Waals surface area contributed by atoms with Crippen LogP contribution in [0.1, 0.15) is 17.4 Å². The number of hydrogen-bond acceptors (Lipinski definition) is 5. The van der Waals surface area contributed by atoms with Crippen molar-refractivity contribution in [3.05, 3.63) is 46.2 Å². The second-order valence-electron chi connectivity index (χ2n) is 4.21. The third kappa shape index (κ3) is 4.61. The van der Waals surface area contributed by atoms with E-state index >= 15 is 0 Å². The number of phenolic OH excluding ortho intramolecular Hbond substituents is 1. The first-order chi connectivity index (χ1) is 10.2. The Balaban J connectivity index is 1.91. The summed E-state index contributed by atoms with van der Waals surface area (Å²) in [5, 5.41) is 15.4. The number of hydrogen-bond donors (Lipinski definition) is 2. The largest absolute Gasteiger partial charge is 0.504 e. The number of amides is 1. The SMILES string of the molecule is CCOc1cc(C=NNC(=O)Cc2cccs2)ccc1O. The monoisotopic (exact) mass is 304 g/mol. The van der Waals surface area contributed by atoms with Crippen LogP contribution in [0.5, 0.6) is 11.5 Å². The molecule has 21 heavy (non-hydrogen) atoms. The first kappa shape index (κ1) is 15.1. The third-order valence-corrected chi connectivity index (χ3v) is 3.48. The number of thiophene rings is 1. The predicted molar refractivity (Wildman–Crippen MR) is 83.0 cm³/mol. The molecule has 6 heteroatoms. The number of ether oxygens (including phenoxy) is 1. The van der Waals surface area contributed by atoms with Crippen LogP contribution < -0.4 is 10.2 Å². The minimum Gasteiger partial charge on any atom is -0.504 e. The summed E-state index contributed by atoms with van der Waals surface area (Å²) in [5.41, 5.74) is 3.20. The van der Waals surface area contributed by atoms with Crippen LogP contribution in [0.3, 0.4) is 0 Å². The number of aromatic hydroxyl groups is 1. The molecular weight excluding hydrogens is 288 g/mol. The summed E-state index contributed by atoms with van der Waals surface area (Å²) in [6, 6.07) is 8.69. The maximum absolute atomic E-state index is 11.6. The van der Waals surface area contributed by atoms with Gasteiger partial charge in [0.1, 0.15) is 0 Å². The van der Waals surface area contributed by atoms with Gasteiger partial charge < -0.3 is 9.84 Å². The van der Waals surface area contributed by atoms with Crippen LogP contribution in [0.4, 0.5) is 0 Å². The maximum atomic E-state index is 11.6. The molecule has 5 nitrogen and oxygen atoms in total. The molecule has 1 amide bonds. The summed E-state index contributed by atoms with van der Waals surface area (Å²) in [7, 11) is 0. The Morgan fingerprint density at radius 3 is 3.05 bits per heavy atom. The van der Waals surface area contributed by atoms with Crippen molar-refractivity contribution in [2.24, 2.45) is 5.10 Å². The van der Waals surface area contributed by atoms with E-state index in [1.54, 1.807) is 12.1 Å². The Hall–Kier alpha value is -2.34. The number of rotatable bonds is 6. The lowest BCUT2D eigenvalue weighted by atomic mass is 10.2. The van der Waals surface area contributed by atoms with E-state index < -0.39 is 0 Å². The molecule has 0 saturated heterocycles. The van der Waals surface area contributed by atoms with E-state index in [0.29, 0.717) is 18.8 Å². The number of carbonyl (C=O) groups excluding carboxylic acids is 1.